The molecule has 33 heavy (non-hydrogen) atoms. The van der Waals surface area contributed by atoms with Gasteiger partial charge in [-0.2, -0.15) is 5.10 Å². The minimum atomic E-state index is -0.491. The maximum Gasteiger partial charge on any atom is 0.247 e. The summed E-state index contributed by atoms with van der Waals surface area (Å²) in [5.41, 5.74) is 5.16. The molecule has 2 N–H and O–H groups in total. The van der Waals surface area contributed by atoms with Crippen molar-refractivity contribution in [3.63, 3.8) is 0 Å². The van der Waals surface area contributed by atoms with Crippen LogP contribution in [0.5, 0.6) is 0 Å². The molecule has 0 aliphatic carbocycles. The highest BCUT2D eigenvalue weighted by molar-refractivity contribution is 5.94. The molecule has 0 saturated carbocycles. The van der Waals surface area contributed by atoms with Gasteiger partial charge in [-0.25, -0.2) is 9.67 Å². The number of hydrogen-bond donors (Lipinski definition) is 2. The molecule has 0 spiro atoms. The molecule has 1 amide bonds. The van der Waals surface area contributed by atoms with Gasteiger partial charge in [0.15, 0.2) is 0 Å². The largest absolute Gasteiger partial charge is 0.309 e. The molecule has 6 nitrogen and oxygen atoms in total. The second kappa shape index (κ2) is 10.2. The number of pyridine rings is 1. The van der Waals surface area contributed by atoms with Gasteiger partial charge in [0.2, 0.25) is 5.91 Å². The van der Waals surface area contributed by atoms with Crippen LogP contribution in [0.15, 0.2) is 85.2 Å². The smallest absolute Gasteiger partial charge is 0.247 e. The Kier molecular flexibility index (Phi) is 6.95. The van der Waals surface area contributed by atoms with E-state index in [1.807, 2.05) is 55.6 Å². The predicted molar refractivity (Wildman–Crippen MR) is 132 cm³/mol. The van der Waals surface area contributed by atoms with Crippen molar-refractivity contribution < 1.29 is 4.79 Å². The van der Waals surface area contributed by atoms with Crippen LogP contribution in [0.25, 0.3) is 5.69 Å². The monoisotopic (exact) mass is 439 g/mol. The van der Waals surface area contributed by atoms with Crippen LogP contribution in [0.4, 0.5) is 5.82 Å². The Morgan fingerprint density at radius 3 is 2.33 bits per heavy atom. The summed E-state index contributed by atoms with van der Waals surface area (Å²) < 4.78 is 1.76. The summed E-state index contributed by atoms with van der Waals surface area (Å²) in [7, 11) is 0. The van der Waals surface area contributed by atoms with Crippen LogP contribution < -0.4 is 10.6 Å². The molecule has 2 aromatic carbocycles. The van der Waals surface area contributed by atoms with Gasteiger partial charge in [0.1, 0.15) is 11.9 Å². The third kappa shape index (κ3) is 5.73. The number of carbonyl (C=O) groups is 1. The molecule has 6 heteroatoms. The lowest BCUT2D eigenvalue weighted by Gasteiger charge is -2.21. The van der Waals surface area contributed by atoms with Gasteiger partial charge in [0.05, 0.1) is 17.6 Å². The third-order valence-electron chi connectivity index (χ3n) is 5.66. The third-order valence-corrected chi connectivity index (χ3v) is 5.66. The molecule has 0 bridgehead atoms. The van der Waals surface area contributed by atoms with E-state index in [-0.39, 0.29) is 11.8 Å². The van der Waals surface area contributed by atoms with Gasteiger partial charge in [-0.05, 0) is 49.1 Å². The van der Waals surface area contributed by atoms with Crippen molar-refractivity contribution in [1.29, 1.82) is 0 Å². The topological polar surface area (TPSA) is 71.8 Å². The van der Waals surface area contributed by atoms with E-state index in [1.165, 1.54) is 11.1 Å². The van der Waals surface area contributed by atoms with Crippen LogP contribution in [0.1, 0.15) is 41.3 Å². The van der Waals surface area contributed by atoms with E-state index in [0.29, 0.717) is 12.4 Å². The van der Waals surface area contributed by atoms with E-state index in [4.69, 9.17) is 0 Å². The number of nitrogens with one attached hydrogen (secondary N) is 2. The molecule has 0 fully saturated rings. The summed E-state index contributed by atoms with van der Waals surface area (Å²) in [6.45, 7) is 6.85. The number of aryl methyl sites for hydroxylation is 2. The first-order valence-electron chi connectivity index (χ1n) is 11.1. The van der Waals surface area contributed by atoms with E-state index >= 15 is 0 Å². The van der Waals surface area contributed by atoms with E-state index in [2.05, 4.69) is 58.8 Å². The molecular weight excluding hydrogens is 410 g/mol. The highest BCUT2D eigenvalue weighted by atomic mass is 16.2. The number of amides is 1. The summed E-state index contributed by atoms with van der Waals surface area (Å²) in [5, 5.41) is 10.8. The highest BCUT2D eigenvalue weighted by Gasteiger charge is 2.21. The van der Waals surface area contributed by atoms with Crippen LogP contribution in [-0.2, 0) is 4.79 Å². The Bertz CT molecular complexity index is 1180. The number of hydrogen-bond acceptors (Lipinski definition) is 4. The average Bonchev–Trinajstić information content (AvgIpc) is 3.27. The summed E-state index contributed by atoms with van der Waals surface area (Å²) in [4.78, 5) is 17.6. The van der Waals surface area contributed by atoms with Gasteiger partial charge in [-0.15, -0.1) is 0 Å². The SMILES string of the molecule is Cc1ccc([C@H](C)CN[C@@H](C(=O)Nc2ccc(-n3ccc(C)n3)cn2)c2ccccc2)cc1. The van der Waals surface area contributed by atoms with Crippen molar-refractivity contribution in [1.82, 2.24) is 20.1 Å². The number of nitrogens with zero attached hydrogens (tertiary/aromatic N) is 3. The number of anilines is 1. The zero-order valence-electron chi connectivity index (χ0n) is 19.2. The fraction of sp³-hybridized carbons (Fsp3) is 0.222. The molecule has 2 aromatic heterocycles. The molecule has 2 heterocycles. The predicted octanol–water partition coefficient (Wildman–Crippen LogP) is 4.96. The molecule has 168 valence electrons. The maximum atomic E-state index is 13.2. The molecule has 4 rings (SSSR count). The number of carbonyl (C=O) groups excluding carboxylic acids is 1. The normalized spacial score (nSPS) is 12.8. The van der Waals surface area contributed by atoms with Gasteiger partial charge >= 0.3 is 0 Å². The minimum Gasteiger partial charge on any atom is -0.309 e. The van der Waals surface area contributed by atoms with Crippen molar-refractivity contribution in [3.05, 3.63) is 108 Å². The summed E-state index contributed by atoms with van der Waals surface area (Å²) in [6, 6.07) is 23.4. The van der Waals surface area contributed by atoms with Gasteiger partial charge in [0, 0.05) is 12.7 Å². The zero-order valence-corrected chi connectivity index (χ0v) is 19.2. The lowest BCUT2D eigenvalue weighted by molar-refractivity contribution is -0.118. The molecule has 0 unspecified atom stereocenters. The van der Waals surface area contributed by atoms with Crippen molar-refractivity contribution in [3.8, 4) is 5.69 Å². The number of benzene rings is 2. The lowest BCUT2D eigenvalue weighted by atomic mass is 9.98. The quantitative estimate of drug-likeness (QED) is 0.407. The fourth-order valence-electron chi connectivity index (χ4n) is 3.67. The molecule has 0 radical (unpaired) electrons. The van der Waals surface area contributed by atoms with Gasteiger partial charge in [-0.3, -0.25) is 4.79 Å². The molecule has 4 aromatic rings. The van der Waals surface area contributed by atoms with Crippen LogP contribution in [0, 0.1) is 13.8 Å². The Balaban J connectivity index is 1.46. The molecule has 2 atom stereocenters. The second-order valence-electron chi connectivity index (χ2n) is 8.36. The summed E-state index contributed by atoms with van der Waals surface area (Å²) >= 11 is 0. The van der Waals surface area contributed by atoms with Crippen molar-refractivity contribution in [2.24, 2.45) is 0 Å². The van der Waals surface area contributed by atoms with Crippen LogP contribution in [-0.4, -0.2) is 27.2 Å². The summed E-state index contributed by atoms with van der Waals surface area (Å²) in [6.07, 6.45) is 3.58. The summed E-state index contributed by atoms with van der Waals surface area (Å²) in [5.74, 6) is 0.619. The highest BCUT2D eigenvalue weighted by Crippen LogP contribution is 2.20. The lowest BCUT2D eigenvalue weighted by Crippen LogP contribution is -2.35. The van der Waals surface area contributed by atoms with Crippen molar-refractivity contribution in [2.45, 2.75) is 32.7 Å². The molecule has 0 aliphatic heterocycles. The van der Waals surface area contributed by atoms with Crippen LogP contribution in [0.2, 0.25) is 0 Å². The first-order chi connectivity index (χ1) is 16.0. The average molecular weight is 440 g/mol. The fourth-order valence-corrected chi connectivity index (χ4v) is 3.67. The van der Waals surface area contributed by atoms with Crippen LogP contribution >= 0.6 is 0 Å². The Labute approximate surface area is 194 Å². The minimum absolute atomic E-state index is 0.146. The second-order valence-corrected chi connectivity index (χ2v) is 8.36. The zero-order chi connectivity index (χ0) is 23.2. The van der Waals surface area contributed by atoms with E-state index in [1.54, 1.807) is 16.9 Å². The maximum absolute atomic E-state index is 13.2. The van der Waals surface area contributed by atoms with Crippen LogP contribution in [0.3, 0.4) is 0 Å². The molecular formula is C27H29N5O. The number of rotatable bonds is 8. The van der Waals surface area contributed by atoms with E-state index in [0.717, 1.165) is 16.9 Å². The van der Waals surface area contributed by atoms with Gasteiger partial charge in [0.25, 0.3) is 0 Å². The van der Waals surface area contributed by atoms with Crippen molar-refractivity contribution in [2.75, 3.05) is 11.9 Å². The Morgan fingerprint density at radius 2 is 1.70 bits per heavy atom. The first-order valence-corrected chi connectivity index (χ1v) is 11.1. The molecule has 0 aliphatic rings. The van der Waals surface area contributed by atoms with Crippen molar-refractivity contribution >= 4 is 11.7 Å². The Hall–Kier alpha value is -3.77. The van der Waals surface area contributed by atoms with Gasteiger partial charge < -0.3 is 10.6 Å². The standard InChI is InChI=1S/C27H29N5O/c1-19-9-11-22(12-10-19)20(2)17-29-26(23-7-5-4-6-8-23)27(33)30-25-14-13-24(18-28-25)32-16-15-21(3)31-32/h4-16,18,20,26,29H,17H2,1-3H3,(H,28,30,33)/t20-,26-/m1/s1. The Morgan fingerprint density at radius 1 is 0.939 bits per heavy atom. The van der Waals surface area contributed by atoms with Gasteiger partial charge in [-0.1, -0.05) is 67.1 Å². The molecule has 0 saturated heterocycles. The number of aromatic nitrogens is 3. The van der Waals surface area contributed by atoms with E-state index < -0.39 is 6.04 Å². The van der Waals surface area contributed by atoms with E-state index in [9.17, 15) is 4.79 Å². The first kappa shape index (κ1) is 22.4.